The molecule has 2 aromatic rings. The first kappa shape index (κ1) is 14.0. The highest BCUT2D eigenvalue weighted by atomic mass is 19.4. The largest absolute Gasteiger partial charge is 0.401 e. The highest BCUT2D eigenvalue weighted by molar-refractivity contribution is 5.47. The van der Waals surface area contributed by atoms with Crippen LogP contribution in [0.2, 0.25) is 0 Å². The molecule has 8 heteroatoms. The molecule has 1 aliphatic rings. The second-order valence-corrected chi connectivity index (χ2v) is 4.91. The number of nitrogens with zero attached hydrogens (tertiary/aromatic N) is 4. The van der Waals surface area contributed by atoms with Crippen LogP contribution in [-0.4, -0.2) is 39.3 Å². The molecule has 2 aromatic heterocycles. The van der Waals surface area contributed by atoms with Crippen molar-refractivity contribution in [2.24, 2.45) is 0 Å². The van der Waals surface area contributed by atoms with Crippen molar-refractivity contribution < 1.29 is 17.7 Å². The minimum Gasteiger partial charge on any atom is -0.337 e. The van der Waals surface area contributed by atoms with Crippen LogP contribution in [0.3, 0.4) is 0 Å². The predicted molar refractivity (Wildman–Crippen MR) is 67.1 cm³/mol. The monoisotopic (exact) mass is 298 g/mol. The number of rotatable bonds is 3. The fourth-order valence-electron chi connectivity index (χ4n) is 2.49. The van der Waals surface area contributed by atoms with E-state index in [2.05, 4.69) is 15.1 Å². The molecule has 1 atom stereocenters. The molecular weight excluding hydrogens is 285 g/mol. The summed E-state index contributed by atoms with van der Waals surface area (Å²) in [5, 5.41) is 3.81. The van der Waals surface area contributed by atoms with Crippen LogP contribution in [0.4, 0.5) is 13.2 Å². The van der Waals surface area contributed by atoms with Crippen LogP contribution in [0.5, 0.6) is 0 Å². The summed E-state index contributed by atoms with van der Waals surface area (Å²) in [6, 6.07) is 4.78. The van der Waals surface area contributed by atoms with E-state index >= 15 is 0 Å². The maximum absolute atomic E-state index is 12.5. The van der Waals surface area contributed by atoms with Gasteiger partial charge >= 0.3 is 6.18 Å². The average molecular weight is 298 g/mol. The summed E-state index contributed by atoms with van der Waals surface area (Å²) in [5.41, 5.74) is 0.535. The molecule has 0 amide bonds. The van der Waals surface area contributed by atoms with Gasteiger partial charge in [-0.15, -0.1) is 0 Å². The Hall–Kier alpha value is -1.96. The summed E-state index contributed by atoms with van der Waals surface area (Å²) in [6.07, 6.45) is -1.37. The van der Waals surface area contributed by atoms with Crippen molar-refractivity contribution >= 4 is 0 Å². The van der Waals surface area contributed by atoms with Crippen LogP contribution in [-0.2, 0) is 0 Å². The van der Waals surface area contributed by atoms with E-state index in [-0.39, 0.29) is 5.89 Å². The molecule has 1 fully saturated rings. The number of hydrogen-bond donors (Lipinski definition) is 0. The maximum Gasteiger partial charge on any atom is 0.401 e. The lowest BCUT2D eigenvalue weighted by atomic mass is 10.2. The summed E-state index contributed by atoms with van der Waals surface area (Å²) in [7, 11) is 0. The van der Waals surface area contributed by atoms with E-state index in [1.165, 1.54) is 4.90 Å². The van der Waals surface area contributed by atoms with Gasteiger partial charge in [-0.2, -0.15) is 18.2 Å². The zero-order valence-electron chi connectivity index (χ0n) is 11.0. The number of alkyl halides is 3. The third-order valence-corrected chi connectivity index (χ3v) is 3.37. The summed E-state index contributed by atoms with van der Waals surface area (Å²) < 4.78 is 42.8. The SMILES string of the molecule is FC(F)(F)CN1CCCC1c1nc(-c2ccccn2)no1. The van der Waals surface area contributed by atoms with E-state index in [4.69, 9.17) is 4.52 Å². The number of halogens is 3. The molecule has 1 aliphatic heterocycles. The van der Waals surface area contributed by atoms with Gasteiger partial charge in [0.2, 0.25) is 11.7 Å². The van der Waals surface area contributed by atoms with Crippen molar-refractivity contribution in [2.75, 3.05) is 13.1 Å². The second kappa shape index (κ2) is 5.44. The van der Waals surface area contributed by atoms with Crippen LogP contribution in [0.25, 0.3) is 11.5 Å². The van der Waals surface area contributed by atoms with Crippen molar-refractivity contribution in [3.63, 3.8) is 0 Å². The predicted octanol–water partition coefficient (Wildman–Crippen LogP) is 2.83. The number of aromatic nitrogens is 3. The van der Waals surface area contributed by atoms with Crippen molar-refractivity contribution in [1.29, 1.82) is 0 Å². The van der Waals surface area contributed by atoms with Gasteiger partial charge in [-0.05, 0) is 31.5 Å². The molecule has 0 radical (unpaired) electrons. The lowest BCUT2D eigenvalue weighted by Gasteiger charge is -2.22. The summed E-state index contributed by atoms with van der Waals surface area (Å²) in [4.78, 5) is 9.61. The van der Waals surface area contributed by atoms with Gasteiger partial charge in [0.1, 0.15) is 5.69 Å². The molecule has 1 unspecified atom stereocenters. The second-order valence-electron chi connectivity index (χ2n) is 4.91. The first-order valence-corrected chi connectivity index (χ1v) is 6.59. The Balaban J connectivity index is 1.79. The average Bonchev–Trinajstić information content (AvgIpc) is 3.06. The summed E-state index contributed by atoms with van der Waals surface area (Å²) in [5.74, 6) is 0.516. The Morgan fingerprint density at radius 3 is 2.90 bits per heavy atom. The van der Waals surface area contributed by atoms with E-state index < -0.39 is 18.8 Å². The lowest BCUT2D eigenvalue weighted by molar-refractivity contribution is -0.148. The molecule has 1 saturated heterocycles. The third-order valence-electron chi connectivity index (χ3n) is 3.37. The van der Waals surface area contributed by atoms with Crippen LogP contribution < -0.4 is 0 Å². The quantitative estimate of drug-likeness (QED) is 0.872. The maximum atomic E-state index is 12.5. The van der Waals surface area contributed by atoms with Gasteiger partial charge in [0.05, 0.1) is 12.6 Å². The van der Waals surface area contributed by atoms with Crippen molar-refractivity contribution in [3.05, 3.63) is 30.3 Å². The Labute approximate surface area is 118 Å². The highest BCUT2D eigenvalue weighted by Crippen LogP contribution is 2.34. The Kier molecular flexibility index (Phi) is 3.62. The van der Waals surface area contributed by atoms with Gasteiger partial charge in [0, 0.05) is 6.20 Å². The Bertz CT molecular complexity index is 599. The lowest BCUT2D eigenvalue weighted by Crippen LogP contribution is -2.33. The number of hydrogen-bond acceptors (Lipinski definition) is 5. The zero-order chi connectivity index (χ0) is 14.9. The van der Waals surface area contributed by atoms with E-state index in [1.54, 1.807) is 24.4 Å². The van der Waals surface area contributed by atoms with Crippen molar-refractivity contribution in [2.45, 2.75) is 25.1 Å². The smallest absolute Gasteiger partial charge is 0.337 e. The molecule has 0 bridgehead atoms. The van der Waals surface area contributed by atoms with E-state index in [9.17, 15) is 13.2 Å². The van der Waals surface area contributed by atoms with Crippen molar-refractivity contribution in [3.8, 4) is 11.5 Å². The van der Waals surface area contributed by atoms with Gasteiger partial charge < -0.3 is 4.52 Å². The molecule has 0 saturated carbocycles. The molecular formula is C13H13F3N4O. The van der Waals surface area contributed by atoms with Gasteiger partial charge in [-0.25, -0.2) is 0 Å². The zero-order valence-corrected chi connectivity index (χ0v) is 11.0. The fraction of sp³-hybridized carbons (Fsp3) is 0.462. The molecule has 112 valence electrons. The van der Waals surface area contributed by atoms with Crippen LogP contribution in [0.15, 0.2) is 28.9 Å². The van der Waals surface area contributed by atoms with Crippen LogP contribution in [0, 0.1) is 0 Å². The summed E-state index contributed by atoms with van der Waals surface area (Å²) in [6.45, 7) is -0.579. The normalized spacial score (nSPS) is 20.0. The number of pyridine rings is 1. The molecule has 3 heterocycles. The fourth-order valence-corrected chi connectivity index (χ4v) is 2.49. The minimum atomic E-state index is -4.23. The molecule has 0 N–H and O–H groups in total. The molecule has 3 rings (SSSR count). The van der Waals surface area contributed by atoms with E-state index in [1.807, 2.05) is 0 Å². The first-order valence-electron chi connectivity index (χ1n) is 6.59. The van der Waals surface area contributed by atoms with Gasteiger partial charge in [0.25, 0.3) is 0 Å². The summed E-state index contributed by atoms with van der Waals surface area (Å²) >= 11 is 0. The van der Waals surface area contributed by atoms with Crippen LogP contribution >= 0.6 is 0 Å². The Morgan fingerprint density at radius 2 is 2.19 bits per heavy atom. The van der Waals surface area contributed by atoms with Gasteiger partial charge in [-0.3, -0.25) is 9.88 Å². The minimum absolute atomic E-state index is 0.220. The molecule has 21 heavy (non-hydrogen) atoms. The molecule has 5 nitrogen and oxygen atoms in total. The van der Waals surface area contributed by atoms with Crippen molar-refractivity contribution in [1.82, 2.24) is 20.0 Å². The topological polar surface area (TPSA) is 55.1 Å². The number of likely N-dealkylation sites (tertiary alicyclic amines) is 1. The van der Waals surface area contributed by atoms with Gasteiger partial charge in [-0.1, -0.05) is 11.2 Å². The third kappa shape index (κ3) is 3.21. The molecule has 0 aromatic carbocycles. The van der Waals surface area contributed by atoms with E-state index in [0.717, 1.165) is 0 Å². The molecule has 0 aliphatic carbocycles. The first-order chi connectivity index (χ1) is 10.0. The van der Waals surface area contributed by atoms with E-state index in [0.29, 0.717) is 30.9 Å². The standard InChI is InChI=1S/C13H13F3N4O/c14-13(15,16)8-20-7-3-5-10(20)12-18-11(19-21-12)9-4-1-2-6-17-9/h1-2,4,6,10H,3,5,7-8H2. The van der Waals surface area contributed by atoms with Gasteiger partial charge in [0.15, 0.2) is 0 Å². The van der Waals surface area contributed by atoms with Crippen LogP contribution in [0.1, 0.15) is 24.8 Å². The molecule has 0 spiro atoms. The Morgan fingerprint density at radius 1 is 1.33 bits per heavy atom. The highest BCUT2D eigenvalue weighted by Gasteiger charge is 2.38.